The molecule has 0 saturated heterocycles. The number of halogens is 4. The summed E-state index contributed by atoms with van der Waals surface area (Å²) in [6.07, 6.45) is -4.68. The van der Waals surface area contributed by atoms with Gasteiger partial charge in [0.15, 0.2) is 5.54 Å². The molecule has 7 nitrogen and oxygen atoms in total. The molecule has 5 N–H and O–H groups in total. The average Bonchev–Trinajstić information content (AvgIpc) is 3.15. The van der Waals surface area contributed by atoms with Crippen molar-refractivity contribution in [2.75, 3.05) is 16.1 Å². The Kier molecular flexibility index (Phi) is 5.64. The van der Waals surface area contributed by atoms with Gasteiger partial charge in [0.05, 0.1) is 16.3 Å². The highest BCUT2D eigenvalue weighted by Gasteiger charge is 2.47. The number of hydrazine groups is 1. The van der Waals surface area contributed by atoms with Crippen molar-refractivity contribution >= 4 is 40.7 Å². The Morgan fingerprint density at radius 1 is 0.939 bits per heavy atom. The number of alkyl halides is 3. The zero-order valence-electron chi connectivity index (χ0n) is 16.6. The van der Waals surface area contributed by atoms with Crippen LogP contribution in [0.15, 0.2) is 66.7 Å². The second-order valence-corrected chi connectivity index (χ2v) is 7.61. The van der Waals surface area contributed by atoms with Gasteiger partial charge in [0, 0.05) is 16.9 Å². The molecule has 1 aliphatic rings. The van der Waals surface area contributed by atoms with E-state index in [-0.39, 0.29) is 11.4 Å². The number of amides is 2. The van der Waals surface area contributed by atoms with Crippen molar-refractivity contribution in [3.8, 4) is 0 Å². The van der Waals surface area contributed by atoms with Crippen LogP contribution < -0.4 is 21.5 Å². The molecule has 4 rings (SSSR count). The monoisotopic (exact) mass is 476 g/mol. The Balaban J connectivity index is 1.58. The van der Waals surface area contributed by atoms with Crippen LogP contribution in [0.4, 0.5) is 35.0 Å². The summed E-state index contributed by atoms with van der Waals surface area (Å²) in [5.41, 5.74) is 4.50. The van der Waals surface area contributed by atoms with Gasteiger partial charge in [-0.3, -0.25) is 0 Å². The van der Waals surface area contributed by atoms with E-state index in [1.807, 2.05) is 0 Å². The number of carboxylic acids is 1. The smallest absolute Gasteiger partial charge is 0.417 e. The minimum absolute atomic E-state index is 0.113. The topological polar surface area (TPSA) is 102 Å². The van der Waals surface area contributed by atoms with Crippen molar-refractivity contribution < 1.29 is 27.9 Å². The van der Waals surface area contributed by atoms with Crippen LogP contribution in [-0.2, 0) is 16.5 Å². The quantitative estimate of drug-likeness (QED) is 0.353. The molecule has 1 atom stereocenters. The lowest BCUT2D eigenvalue weighted by molar-refractivity contribution is -0.143. The Hall–Kier alpha value is -3.76. The standard InChI is InChI=1S/C22H16ClF3N4O3/c23-17-9-8-14(11-16(17)22(24,25)26)28-20(33)27-13-5-3-4-12(10-13)21(19(31)32)15-6-1-2-7-18(15)29-30-21/h1-11,29-30H,(H,31,32)(H2,27,28,33). The molecule has 33 heavy (non-hydrogen) atoms. The number of nitrogens with one attached hydrogen (secondary N) is 4. The lowest BCUT2D eigenvalue weighted by Crippen LogP contribution is -2.47. The zero-order chi connectivity index (χ0) is 23.8. The molecule has 3 aromatic rings. The Bertz CT molecular complexity index is 1250. The van der Waals surface area contributed by atoms with Gasteiger partial charge in [-0.2, -0.15) is 13.2 Å². The van der Waals surface area contributed by atoms with Crippen LogP contribution in [0.5, 0.6) is 0 Å². The number of anilines is 3. The van der Waals surface area contributed by atoms with E-state index in [0.29, 0.717) is 16.8 Å². The summed E-state index contributed by atoms with van der Waals surface area (Å²) in [7, 11) is 0. The van der Waals surface area contributed by atoms with Gasteiger partial charge in [-0.25, -0.2) is 15.0 Å². The molecule has 0 spiro atoms. The molecule has 0 bridgehead atoms. The van der Waals surface area contributed by atoms with Crippen LogP contribution in [-0.4, -0.2) is 17.1 Å². The molecular formula is C22H16ClF3N4O3. The summed E-state index contributed by atoms with van der Waals surface area (Å²) in [6.45, 7) is 0. The number of urea groups is 1. The first-order chi connectivity index (χ1) is 15.6. The minimum atomic E-state index is -4.68. The van der Waals surface area contributed by atoms with E-state index in [1.54, 1.807) is 36.4 Å². The highest BCUT2D eigenvalue weighted by Crippen LogP contribution is 2.40. The van der Waals surface area contributed by atoms with Gasteiger partial charge in [0.25, 0.3) is 0 Å². The van der Waals surface area contributed by atoms with Crippen molar-refractivity contribution in [1.29, 1.82) is 0 Å². The summed E-state index contributed by atoms with van der Waals surface area (Å²) in [5.74, 6) is -1.16. The lowest BCUT2D eigenvalue weighted by atomic mass is 9.83. The Morgan fingerprint density at radius 3 is 2.33 bits per heavy atom. The number of hydrogen-bond donors (Lipinski definition) is 5. The van der Waals surface area contributed by atoms with Crippen molar-refractivity contribution in [3.05, 3.63) is 88.4 Å². The molecule has 0 saturated carbocycles. The molecule has 1 heterocycles. The third-order valence-electron chi connectivity index (χ3n) is 5.12. The summed E-state index contributed by atoms with van der Waals surface area (Å²) in [5, 5.41) is 14.4. The molecule has 170 valence electrons. The van der Waals surface area contributed by atoms with Crippen LogP contribution in [0.3, 0.4) is 0 Å². The average molecular weight is 477 g/mol. The molecule has 3 aromatic carbocycles. The number of carbonyl (C=O) groups excluding carboxylic acids is 1. The summed E-state index contributed by atoms with van der Waals surface area (Å²) < 4.78 is 39.1. The molecule has 0 fully saturated rings. The van der Waals surface area contributed by atoms with E-state index >= 15 is 0 Å². The maximum absolute atomic E-state index is 13.0. The predicted octanol–water partition coefficient (Wildman–Crippen LogP) is 5.26. The molecule has 11 heteroatoms. The third-order valence-corrected chi connectivity index (χ3v) is 5.45. The zero-order valence-corrected chi connectivity index (χ0v) is 17.4. The van der Waals surface area contributed by atoms with Gasteiger partial charge in [0.1, 0.15) is 0 Å². The SMILES string of the molecule is O=C(Nc1cccc(C2(C(=O)O)NNc3ccccc32)c1)Nc1ccc(Cl)c(C(F)(F)F)c1. The highest BCUT2D eigenvalue weighted by molar-refractivity contribution is 6.31. The summed E-state index contributed by atoms with van der Waals surface area (Å²) in [6, 6.07) is 15.2. The van der Waals surface area contributed by atoms with Gasteiger partial charge in [0.2, 0.25) is 0 Å². The summed E-state index contributed by atoms with van der Waals surface area (Å²) >= 11 is 5.59. The first-order valence-corrected chi connectivity index (χ1v) is 9.90. The van der Waals surface area contributed by atoms with E-state index in [2.05, 4.69) is 21.5 Å². The third kappa shape index (κ3) is 4.18. The van der Waals surface area contributed by atoms with Gasteiger partial charge in [-0.15, -0.1) is 0 Å². The first-order valence-electron chi connectivity index (χ1n) is 9.52. The number of para-hydroxylation sites is 1. The maximum Gasteiger partial charge on any atom is 0.417 e. The van der Waals surface area contributed by atoms with Gasteiger partial charge < -0.3 is 21.2 Å². The highest BCUT2D eigenvalue weighted by atomic mass is 35.5. The second-order valence-electron chi connectivity index (χ2n) is 7.20. The van der Waals surface area contributed by atoms with Gasteiger partial charge in [-0.05, 0) is 42.0 Å². The Morgan fingerprint density at radius 2 is 1.64 bits per heavy atom. The van der Waals surface area contributed by atoms with Crippen molar-refractivity contribution in [2.45, 2.75) is 11.7 Å². The van der Waals surface area contributed by atoms with Crippen LogP contribution in [0.2, 0.25) is 5.02 Å². The van der Waals surface area contributed by atoms with E-state index in [0.717, 1.165) is 12.1 Å². The fourth-order valence-corrected chi connectivity index (χ4v) is 3.84. The number of benzene rings is 3. The van der Waals surface area contributed by atoms with E-state index in [9.17, 15) is 27.9 Å². The van der Waals surface area contributed by atoms with Crippen molar-refractivity contribution in [2.24, 2.45) is 0 Å². The number of rotatable bonds is 4. The number of fused-ring (bicyclic) bond motifs is 1. The predicted molar refractivity (Wildman–Crippen MR) is 117 cm³/mol. The summed E-state index contributed by atoms with van der Waals surface area (Å²) in [4.78, 5) is 24.7. The first kappa shape index (κ1) is 22.4. The number of hydrogen-bond acceptors (Lipinski definition) is 4. The minimum Gasteiger partial charge on any atom is -0.479 e. The molecule has 1 unspecified atom stereocenters. The number of aliphatic carboxylic acids is 1. The number of carboxylic acid groups (broad SMARTS) is 1. The molecule has 0 radical (unpaired) electrons. The number of carbonyl (C=O) groups is 2. The molecular weight excluding hydrogens is 461 g/mol. The van der Waals surface area contributed by atoms with E-state index in [4.69, 9.17) is 11.6 Å². The fraction of sp³-hybridized carbons (Fsp3) is 0.0909. The second kappa shape index (κ2) is 8.30. The van der Waals surface area contributed by atoms with Gasteiger partial charge in [-0.1, -0.05) is 41.9 Å². The molecule has 1 aliphatic heterocycles. The van der Waals surface area contributed by atoms with Crippen LogP contribution in [0.1, 0.15) is 16.7 Å². The van der Waals surface area contributed by atoms with E-state index in [1.165, 1.54) is 18.2 Å². The molecule has 0 aliphatic carbocycles. The lowest BCUT2D eigenvalue weighted by Gasteiger charge is -2.26. The Labute approximate surface area is 190 Å². The maximum atomic E-state index is 13.0. The van der Waals surface area contributed by atoms with Crippen LogP contribution >= 0.6 is 11.6 Å². The fourth-order valence-electron chi connectivity index (χ4n) is 3.61. The van der Waals surface area contributed by atoms with Crippen molar-refractivity contribution in [1.82, 2.24) is 5.43 Å². The van der Waals surface area contributed by atoms with Crippen molar-refractivity contribution in [3.63, 3.8) is 0 Å². The molecule has 2 amide bonds. The van der Waals surface area contributed by atoms with Crippen LogP contribution in [0, 0.1) is 0 Å². The largest absolute Gasteiger partial charge is 0.479 e. The normalized spacial score (nSPS) is 17.1. The van der Waals surface area contributed by atoms with Crippen LogP contribution in [0.25, 0.3) is 0 Å². The molecule has 0 aromatic heterocycles. The van der Waals surface area contributed by atoms with E-state index < -0.39 is 34.3 Å². The van der Waals surface area contributed by atoms with Gasteiger partial charge >= 0.3 is 18.2 Å².